The van der Waals surface area contributed by atoms with E-state index in [1.807, 2.05) is 0 Å². The summed E-state index contributed by atoms with van der Waals surface area (Å²) in [4.78, 5) is 0. The molecule has 2 rings (SSSR count). The second-order valence-corrected chi connectivity index (χ2v) is 4.88. The molecule has 16 heavy (non-hydrogen) atoms. The molecule has 3 N–H and O–H groups in total. The van der Waals surface area contributed by atoms with Crippen LogP contribution < -0.4 is 11.1 Å². The first-order chi connectivity index (χ1) is 7.75. The van der Waals surface area contributed by atoms with Gasteiger partial charge in [-0.25, -0.2) is 0 Å². The highest BCUT2D eigenvalue weighted by Gasteiger charge is 2.10. The zero-order valence-electron chi connectivity index (χ0n) is 10.1. The van der Waals surface area contributed by atoms with Crippen molar-refractivity contribution in [2.45, 2.75) is 45.1 Å². The maximum atomic E-state index is 5.72. The Balaban J connectivity index is 1.81. The minimum absolute atomic E-state index is 0.321. The van der Waals surface area contributed by atoms with Gasteiger partial charge < -0.3 is 11.1 Å². The van der Waals surface area contributed by atoms with Crippen molar-refractivity contribution in [3.63, 3.8) is 0 Å². The van der Waals surface area contributed by atoms with Gasteiger partial charge in [0.2, 0.25) is 0 Å². The summed E-state index contributed by atoms with van der Waals surface area (Å²) in [7, 11) is 0. The predicted molar refractivity (Wildman–Crippen MR) is 69.8 cm³/mol. The van der Waals surface area contributed by atoms with Gasteiger partial charge >= 0.3 is 0 Å². The second-order valence-electron chi connectivity index (χ2n) is 4.88. The van der Waals surface area contributed by atoms with Crippen molar-refractivity contribution in [2.24, 2.45) is 5.73 Å². The van der Waals surface area contributed by atoms with Crippen molar-refractivity contribution < 1.29 is 0 Å². The standard InChI is InChI=1S/C14H22N2/c1-11(15)4-3-9-16-14-8-7-12-5-2-6-13(12)10-14/h7-8,10-11,16H,2-6,9,15H2,1H3. The molecular weight excluding hydrogens is 196 g/mol. The summed E-state index contributed by atoms with van der Waals surface area (Å²) in [5.41, 5.74) is 10.1. The fourth-order valence-electron chi connectivity index (χ4n) is 2.34. The van der Waals surface area contributed by atoms with Crippen LogP contribution in [0.2, 0.25) is 0 Å². The van der Waals surface area contributed by atoms with E-state index in [1.165, 1.54) is 30.5 Å². The molecule has 1 aromatic rings. The summed E-state index contributed by atoms with van der Waals surface area (Å²) < 4.78 is 0. The number of benzene rings is 1. The molecule has 1 unspecified atom stereocenters. The maximum Gasteiger partial charge on any atom is 0.0343 e. The molecule has 1 aliphatic carbocycles. The van der Waals surface area contributed by atoms with Crippen LogP contribution in [0.4, 0.5) is 5.69 Å². The molecule has 0 heterocycles. The van der Waals surface area contributed by atoms with Crippen LogP contribution >= 0.6 is 0 Å². The third-order valence-corrected chi connectivity index (χ3v) is 3.26. The molecule has 0 radical (unpaired) electrons. The summed E-state index contributed by atoms with van der Waals surface area (Å²) in [6.07, 6.45) is 6.08. The first-order valence-corrected chi connectivity index (χ1v) is 6.37. The number of nitrogens with one attached hydrogen (secondary N) is 1. The number of rotatable bonds is 5. The number of nitrogens with two attached hydrogens (primary N) is 1. The Labute approximate surface area is 98.2 Å². The summed E-state index contributed by atoms with van der Waals surface area (Å²) in [6.45, 7) is 3.09. The number of fused-ring (bicyclic) bond motifs is 1. The van der Waals surface area contributed by atoms with E-state index in [-0.39, 0.29) is 0 Å². The Hall–Kier alpha value is -1.02. The molecule has 1 atom stereocenters. The van der Waals surface area contributed by atoms with E-state index in [2.05, 4.69) is 30.4 Å². The van der Waals surface area contributed by atoms with Gasteiger partial charge in [-0.3, -0.25) is 0 Å². The van der Waals surface area contributed by atoms with Crippen LogP contribution in [0.1, 0.15) is 37.3 Å². The molecule has 0 bridgehead atoms. The normalized spacial score (nSPS) is 15.9. The molecule has 2 heteroatoms. The molecule has 1 aliphatic rings. The van der Waals surface area contributed by atoms with E-state index in [0.717, 1.165) is 19.4 Å². The Morgan fingerprint density at radius 1 is 1.31 bits per heavy atom. The molecule has 88 valence electrons. The van der Waals surface area contributed by atoms with Crippen LogP contribution in [0.25, 0.3) is 0 Å². The average Bonchev–Trinajstić information content (AvgIpc) is 2.71. The van der Waals surface area contributed by atoms with E-state index in [4.69, 9.17) is 5.73 Å². The first-order valence-electron chi connectivity index (χ1n) is 6.37. The van der Waals surface area contributed by atoms with Gasteiger partial charge in [0.25, 0.3) is 0 Å². The highest BCUT2D eigenvalue weighted by Crippen LogP contribution is 2.24. The first kappa shape index (κ1) is 11.5. The van der Waals surface area contributed by atoms with E-state index >= 15 is 0 Å². The molecule has 0 spiro atoms. The number of anilines is 1. The van der Waals surface area contributed by atoms with Crippen LogP contribution in [0.3, 0.4) is 0 Å². The average molecular weight is 218 g/mol. The van der Waals surface area contributed by atoms with Crippen molar-refractivity contribution >= 4 is 5.69 Å². The summed E-state index contributed by atoms with van der Waals surface area (Å²) in [6, 6.07) is 7.11. The number of aryl methyl sites for hydroxylation is 2. The van der Waals surface area contributed by atoms with E-state index in [0.29, 0.717) is 6.04 Å². The molecule has 2 nitrogen and oxygen atoms in total. The van der Waals surface area contributed by atoms with E-state index in [1.54, 1.807) is 5.56 Å². The van der Waals surface area contributed by atoms with Gasteiger partial charge in [0.15, 0.2) is 0 Å². The van der Waals surface area contributed by atoms with Crippen molar-refractivity contribution in [3.05, 3.63) is 29.3 Å². The molecule has 0 aromatic heterocycles. The number of hydrogen-bond acceptors (Lipinski definition) is 2. The molecule has 0 saturated heterocycles. The van der Waals surface area contributed by atoms with Gasteiger partial charge in [0, 0.05) is 18.3 Å². The van der Waals surface area contributed by atoms with Gasteiger partial charge in [-0.1, -0.05) is 6.07 Å². The summed E-state index contributed by atoms with van der Waals surface area (Å²) in [5, 5.41) is 3.47. The van der Waals surface area contributed by atoms with E-state index < -0.39 is 0 Å². The zero-order chi connectivity index (χ0) is 11.4. The summed E-state index contributed by atoms with van der Waals surface area (Å²) >= 11 is 0. The fraction of sp³-hybridized carbons (Fsp3) is 0.571. The smallest absolute Gasteiger partial charge is 0.0343 e. The topological polar surface area (TPSA) is 38.0 Å². The Morgan fingerprint density at radius 2 is 2.12 bits per heavy atom. The fourth-order valence-corrected chi connectivity index (χ4v) is 2.34. The van der Waals surface area contributed by atoms with Gasteiger partial charge in [-0.15, -0.1) is 0 Å². The zero-order valence-corrected chi connectivity index (χ0v) is 10.1. The molecule has 1 aromatic carbocycles. The Bertz CT molecular complexity index is 345. The SMILES string of the molecule is CC(N)CCCNc1ccc2c(c1)CCC2. The lowest BCUT2D eigenvalue weighted by Crippen LogP contribution is -2.16. The van der Waals surface area contributed by atoms with Gasteiger partial charge in [0.05, 0.1) is 0 Å². The Morgan fingerprint density at radius 3 is 2.94 bits per heavy atom. The van der Waals surface area contributed by atoms with Gasteiger partial charge in [-0.2, -0.15) is 0 Å². The van der Waals surface area contributed by atoms with Crippen molar-refractivity contribution in [3.8, 4) is 0 Å². The lowest BCUT2D eigenvalue weighted by atomic mass is 10.1. The Kier molecular flexibility index (Phi) is 3.83. The minimum atomic E-state index is 0.321. The highest BCUT2D eigenvalue weighted by atomic mass is 14.9. The van der Waals surface area contributed by atoms with Crippen molar-refractivity contribution in [1.29, 1.82) is 0 Å². The summed E-state index contributed by atoms with van der Waals surface area (Å²) in [5.74, 6) is 0. The number of hydrogen-bond donors (Lipinski definition) is 2. The molecule has 0 amide bonds. The van der Waals surface area contributed by atoms with Crippen LogP contribution in [0.5, 0.6) is 0 Å². The van der Waals surface area contributed by atoms with Crippen molar-refractivity contribution in [1.82, 2.24) is 0 Å². The quantitative estimate of drug-likeness (QED) is 0.746. The van der Waals surface area contributed by atoms with Crippen LogP contribution in [-0.4, -0.2) is 12.6 Å². The minimum Gasteiger partial charge on any atom is -0.385 e. The lowest BCUT2D eigenvalue weighted by molar-refractivity contribution is 0.639. The molecule has 0 fully saturated rings. The highest BCUT2D eigenvalue weighted by molar-refractivity contribution is 5.50. The molecule has 0 aliphatic heterocycles. The van der Waals surface area contributed by atoms with Gasteiger partial charge in [-0.05, 0) is 62.3 Å². The third kappa shape index (κ3) is 2.99. The van der Waals surface area contributed by atoms with Crippen LogP contribution in [0.15, 0.2) is 18.2 Å². The second kappa shape index (κ2) is 5.35. The molecular formula is C14H22N2. The third-order valence-electron chi connectivity index (χ3n) is 3.26. The van der Waals surface area contributed by atoms with Crippen molar-refractivity contribution in [2.75, 3.05) is 11.9 Å². The lowest BCUT2D eigenvalue weighted by Gasteiger charge is -2.09. The predicted octanol–water partition coefficient (Wildman–Crippen LogP) is 2.71. The molecule has 0 saturated carbocycles. The van der Waals surface area contributed by atoms with Gasteiger partial charge in [0.1, 0.15) is 0 Å². The largest absolute Gasteiger partial charge is 0.385 e. The van der Waals surface area contributed by atoms with Crippen LogP contribution in [0, 0.1) is 0 Å². The monoisotopic (exact) mass is 218 g/mol. The van der Waals surface area contributed by atoms with E-state index in [9.17, 15) is 0 Å². The maximum absolute atomic E-state index is 5.72. The van der Waals surface area contributed by atoms with Crippen LogP contribution in [-0.2, 0) is 12.8 Å².